The molecule has 0 saturated heterocycles. The highest BCUT2D eigenvalue weighted by Crippen LogP contribution is 2.41. The van der Waals surface area contributed by atoms with E-state index in [0.717, 1.165) is 44.0 Å². The first-order valence-electron chi connectivity index (χ1n) is 10.8. The number of nitrogen functional groups attached to an aromatic ring is 1. The van der Waals surface area contributed by atoms with Gasteiger partial charge in [0.25, 0.3) is 5.91 Å². The van der Waals surface area contributed by atoms with Crippen LogP contribution in [0.25, 0.3) is 38.2 Å². The second-order valence-electron chi connectivity index (χ2n) is 7.96. The first-order valence-corrected chi connectivity index (χ1v) is 11.7. The average molecular weight is 483 g/mol. The Hall–Kier alpha value is -4.43. The fourth-order valence-electron chi connectivity index (χ4n) is 4.22. The number of aryl methyl sites for hydroxylation is 1. The van der Waals surface area contributed by atoms with Gasteiger partial charge in [0.1, 0.15) is 23.5 Å². The molecule has 0 aliphatic heterocycles. The highest BCUT2D eigenvalue weighted by Gasteiger charge is 2.18. The molecule has 174 valence electrons. The second-order valence-corrected chi connectivity index (χ2v) is 8.84. The maximum absolute atomic E-state index is 13.1. The monoisotopic (exact) mass is 482 g/mol. The van der Waals surface area contributed by atoms with Crippen LogP contribution in [0, 0.1) is 0 Å². The van der Waals surface area contributed by atoms with Crippen molar-refractivity contribution < 1.29 is 14.3 Å². The summed E-state index contributed by atoms with van der Waals surface area (Å²) in [6, 6.07) is 15.3. The SMILES string of the molecule is COc1cc(-c2csc3c(/C=C\C=O)cnc(N)c23)ccc1NC(=O)c1cc2ccccc2n1C. The molecule has 0 saturated carbocycles. The van der Waals surface area contributed by atoms with E-state index in [1.54, 1.807) is 19.4 Å². The lowest BCUT2D eigenvalue weighted by Crippen LogP contribution is -2.16. The smallest absolute Gasteiger partial charge is 0.272 e. The van der Waals surface area contributed by atoms with Gasteiger partial charge in [-0.2, -0.15) is 0 Å². The summed E-state index contributed by atoms with van der Waals surface area (Å²) < 4.78 is 8.43. The highest BCUT2D eigenvalue weighted by atomic mass is 32.1. The molecule has 3 heterocycles. The van der Waals surface area contributed by atoms with Gasteiger partial charge in [-0.15, -0.1) is 11.3 Å². The van der Waals surface area contributed by atoms with Crippen LogP contribution >= 0.6 is 11.3 Å². The van der Waals surface area contributed by atoms with Crippen LogP contribution in [0.1, 0.15) is 16.1 Å². The van der Waals surface area contributed by atoms with Gasteiger partial charge in [-0.05, 0) is 47.4 Å². The number of para-hydroxylation sites is 1. The number of hydrogen-bond donors (Lipinski definition) is 2. The maximum Gasteiger partial charge on any atom is 0.272 e. The first kappa shape index (κ1) is 22.4. The van der Waals surface area contributed by atoms with Crippen molar-refractivity contribution in [1.82, 2.24) is 9.55 Å². The third-order valence-corrected chi connectivity index (χ3v) is 6.98. The molecule has 0 unspecified atom stereocenters. The van der Waals surface area contributed by atoms with Gasteiger partial charge in [0, 0.05) is 45.4 Å². The number of nitrogens with two attached hydrogens (primary N) is 1. The van der Waals surface area contributed by atoms with Gasteiger partial charge in [0.05, 0.1) is 12.8 Å². The van der Waals surface area contributed by atoms with E-state index in [0.29, 0.717) is 22.9 Å². The van der Waals surface area contributed by atoms with Crippen LogP contribution in [-0.2, 0) is 11.8 Å². The van der Waals surface area contributed by atoms with E-state index in [1.807, 2.05) is 65.5 Å². The minimum atomic E-state index is -0.226. The summed E-state index contributed by atoms with van der Waals surface area (Å²) in [7, 11) is 3.44. The number of allylic oxidation sites excluding steroid dienone is 1. The number of aromatic nitrogens is 2. The predicted molar refractivity (Wildman–Crippen MR) is 142 cm³/mol. The Labute approximate surface area is 205 Å². The number of rotatable bonds is 6. The van der Waals surface area contributed by atoms with Gasteiger partial charge in [0.15, 0.2) is 0 Å². The van der Waals surface area contributed by atoms with E-state index >= 15 is 0 Å². The third kappa shape index (κ3) is 3.94. The van der Waals surface area contributed by atoms with Crippen LogP contribution in [0.4, 0.5) is 11.5 Å². The van der Waals surface area contributed by atoms with Crippen molar-refractivity contribution in [3.63, 3.8) is 0 Å². The molecule has 0 fully saturated rings. The van der Waals surface area contributed by atoms with Gasteiger partial charge in [-0.3, -0.25) is 9.59 Å². The van der Waals surface area contributed by atoms with E-state index in [4.69, 9.17) is 10.5 Å². The average Bonchev–Trinajstić information content (AvgIpc) is 3.47. The molecule has 5 rings (SSSR count). The van der Waals surface area contributed by atoms with E-state index in [-0.39, 0.29) is 5.91 Å². The van der Waals surface area contributed by atoms with Crippen LogP contribution in [0.3, 0.4) is 0 Å². The van der Waals surface area contributed by atoms with Gasteiger partial charge in [-0.25, -0.2) is 4.98 Å². The molecule has 3 aromatic heterocycles. The summed E-state index contributed by atoms with van der Waals surface area (Å²) in [5.41, 5.74) is 10.9. The molecule has 2 aromatic carbocycles. The van der Waals surface area contributed by atoms with E-state index in [1.165, 1.54) is 17.4 Å². The van der Waals surface area contributed by atoms with Crippen molar-refractivity contribution in [1.29, 1.82) is 0 Å². The number of amides is 1. The van der Waals surface area contributed by atoms with Crippen LogP contribution in [0.5, 0.6) is 5.75 Å². The fraction of sp³-hybridized carbons (Fsp3) is 0.0741. The topological polar surface area (TPSA) is 99.2 Å². The number of carbonyl (C=O) groups excluding carboxylic acids is 2. The maximum atomic E-state index is 13.1. The number of aldehydes is 1. The summed E-state index contributed by atoms with van der Waals surface area (Å²) in [6.45, 7) is 0. The number of thiophene rings is 1. The van der Waals surface area contributed by atoms with Crippen molar-refractivity contribution in [2.45, 2.75) is 0 Å². The fourth-order valence-corrected chi connectivity index (χ4v) is 5.30. The molecule has 0 aliphatic rings. The third-order valence-electron chi connectivity index (χ3n) is 5.95. The Balaban J connectivity index is 1.51. The lowest BCUT2D eigenvalue weighted by Gasteiger charge is -2.13. The zero-order chi connectivity index (χ0) is 24.5. The normalized spacial score (nSPS) is 11.4. The minimum absolute atomic E-state index is 0.226. The lowest BCUT2D eigenvalue weighted by atomic mass is 10.0. The summed E-state index contributed by atoms with van der Waals surface area (Å²) in [5.74, 6) is 0.708. The van der Waals surface area contributed by atoms with Gasteiger partial charge < -0.3 is 20.4 Å². The second kappa shape index (κ2) is 9.08. The molecular weight excluding hydrogens is 460 g/mol. The van der Waals surface area contributed by atoms with Gasteiger partial charge in [0.2, 0.25) is 0 Å². The first-order chi connectivity index (χ1) is 17.0. The van der Waals surface area contributed by atoms with E-state index < -0.39 is 0 Å². The van der Waals surface area contributed by atoms with Gasteiger partial charge >= 0.3 is 0 Å². The Bertz CT molecular complexity index is 1630. The highest BCUT2D eigenvalue weighted by molar-refractivity contribution is 7.18. The summed E-state index contributed by atoms with van der Waals surface area (Å²) in [6.07, 6.45) is 5.54. The summed E-state index contributed by atoms with van der Waals surface area (Å²) in [4.78, 5) is 28.2. The van der Waals surface area contributed by atoms with Crippen LogP contribution in [0.15, 0.2) is 66.2 Å². The number of anilines is 2. The molecular formula is C27H22N4O3S. The van der Waals surface area contributed by atoms with Crippen molar-refractivity contribution in [2.75, 3.05) is 18.2 Å². The molecule has 5 aromatic rings. The molecule has 1 amide bonds. The van der Waals surface area contributed by atoms with Gasteiger partial charge in [-0.1, -0.05) is 24.3 Å². The predicted octanol–water partition coefficient (Wildman–Crippen LogP) is 5.51. The van der Waals surface area contributed by atoms with E-state index in [2.05, 4.69) is 10.3 Å². The number of nitrogens with one attached hydrogen (secondary N) is 1. The standard InChI is InChI=1S/C27H22N4O3S/c1-31-21-8-4-3-6-17(21)12-22(31)27(33)30-20-10-9-16(13-23(20)34-2)19-15-35-25-18(7-5-11-32)14-29-26(28)24(19)25/h3-15H,1-2H3,(H2,28,29)(H,30,33)/b7-5-. The number of methoxy groups -OCH3 is 1. The van der Waals surface area contributed by atoms with Crippen LogP contribution in [-0.4, -0.2) is 28.9 Å². The molecule has 8 heteroatoms. The quantitative estimate of drug-likeness (QED) is 0.246. The molecule has 0 aliphatic carbocycles. The number of nitrogens with zero attached hydrogens (tertiary/aromatic N) is 2. The van der Waals surface area contributed by atoms with Crippen LogP contribution in [0.2, 0.25) is 0 Å². The molecule has 0 atom stereocenters. The number of benzene rings is 2. The van der Waals surface area contributed by atoms with Crippen molar-refractivity contribution in [3.05, 3.63) is 77.4 Å². The number of ether oxygens (including phenoxy) is 1. The number of hydrogen-bond acceptors (Lipinski definition) is 6. The number of carbonyl (C=O) groups is 2. The molecule has 35 heavy (non-hydrogen) atoms. The molecule has 3 N–H and O–H groups in total. The van der Waals surface area contributed by atoms with Crippen molar-refractivity contribution in [3.8, 4) is 16.9 Å². The van der Waals surface area contributed by atoms with E-state index in [9.17, 15) is 9.59 Å². The zero-order valence-electron chi connectivity index (χ0n) is 19.1. The Morgan fingerprint density at radius 2 is 2.03 bits per heavy atom. The summed E-state index contributed by atoms with van der Waals surface area (Å²) in [5, 5.41) is 6.79. The molecule has 0 radical (unpaired) electrons. The Morgan fingerprint density at radius 3 is 2.80 bits per heavy atom. The number of pyridine rings is 1. The Morgan fingerprint density at radius 1 is 1.20 bits per heavy atom. The van der Waals surface area contributed by atoms with Crippen molar-refractivity contribution >= 4 is 62.1 Å². The van der Waals surface area contributed by atoms with Crippen LogP contribution < -0.4 is 15.8 Å². The lowest BCUT2D eigenvalue weighted by molar-refractivity contribution is -0.104. The summed E-state index contributed by atoms with van der Waals surface area (Å²) >= 11 is 1.53. The molecule has 0 spiro atoms. The van der Waals surface area contributed by atoms with Crippen molar-refractivity contribution in [2.24, 2.45) is 7.05 Å². The largest absolute Gasteiger partial charge is 0.495 e. The number of fused-ring (bicyclic) bond motifs is 2. The zero-order valence-corrected chi connectivity index (χ0v) is 19.9. The minimum Gasteiger partial charge on any atom is -0.495 e. The Kier molecular flexibility index (Phi) is 5.80. The molecule has 0 bridgehead atoms. The molecule has 7 nitrogen and oxygen atoms in total.